The highest BCUT2D eigenvalue weighted by Gasteiger charge is 2.32. The average Bonchev–Trinajstić information content (AvgIpc) is 2.67. The Morgan fingerprint density at radius 3 is 2.55 bits per heavy atom. The molecule has 1 heterocycles. The van der Waals surface area contributed by atoms with Gasteiger partial charge in [-0.2, -0.15) is 0 Å². The summed E-state index contributed by atoms with van der Waals surface area (Å²) in [4.78, 5) is 14.2. The number of hydrogen-bond acceptors (Lipinski definition) is 4. The van der Waals surface area contributed by atoms with E-state index in [9.17, 15) is 13.2 Å². The van der Waals surface area contributed by atoms with Crippen molar-refractivity contribution in [3.05, 3.63) is 24.3 Å². The van der Waals surface area contributed by atoms with Crippen LogP contribution in [0.5, 0.6) is 5.75 Å². The first kappa shape index (κ1) is 16.6. The monoisotopic (exact) mass is 326 g/mol. The molecule has 0 fully saturated rings. The molecule has 0 N–H and O–H groups in total. The Hall–Kier alpha value is -1.76. The van der Waals surface area contributed by atoms with Crippen LogP contribution >= 0.6 is 0 Å². The van der Waals surface area contributed by atoms with E-state index in [1.165, 1.54) is 4.31 Å². The molecule has 2 rings (SSSR count). The van der Waals surface area contributed by atoms with E-state index in [0.29, 0.717) is 30.9 Å². The second kappa shape index (κ2) is 6.56. The van der Waals surface area contributed by atoms with Gasteiger partial charge < -0.3 is 9.64 Å². The van der Waals surface area contributed by atoms with Gasteiger partial charge in [0.05, 0.1) is 11.9 Å². The zero-order valence-electron chi connectivity index (χ0n) is 13.2. The summed E-state index contributed by atoms with van der Waals surface area (Å²) in [6.07, 6.45) is 0.834. The number of nitrogens with zero attached hydrogens (tertiary/aromatic N) is 2. The fourth-order valence-corrected chi connectivity index (χ4v) is 3.53. The second-order valence-corrected chi connectivity index (χ2v) is 7.12. The number of hydrogen-bond donors (Lipinski definition) is 0. The van der Waals surface area contributed by atoms with Crippen LogP contribution in [0.4, 0.5) is 5.69 Å². The molecule has 0 aromatic heterocycles. The number of sulfonamides is 1. The first-order chi connectivity index (χ1) is 10.4. The van der Waals surface area contributed by atoms with Crippen LogP contribution in [0.1, 0.15) is 20.3 Å². The van der Waals surface area contributed by atoms with E-state index in [1.807, 2.05) is 13.8 Å². The van der Waals surface area contributed by atoms with Gasteiger partial charge in [-0.1, -0.05) is 12.1 Å². The highest BCUT2D eigenvalue weighted by Crippen LogP contribution is 2.34. The third-order valence-corrected chi connectivity index (χ3v) is 4.93. The maximum Gasteiger partial charge on any atom is 0.263 e. The normalized spacial score (nSPS) is 18.1. The highest BCUT2D eigenvalue weighted by molar-refractivity contribution is 7.92. The summed E-state index contributed by atoms with van der Waals surface area (Å²) in [6.45, 7) is 5.26. The zero-order valence-corrected chi connectivity index (χ0v) is 14.0. The Balaban J connectivity index is 2.35. The van der Waals surface area contributed by atoms with E-state index < -0.39 is 16.1 Å². The first-order valence-electron chi connectivity index (χ1n) is 7.40. The fourth-order valence-electron chi connectivity index (χ4n) is 2.59. The topological polar surface area (TPSA) is 66.9 Å². The molecule has 0 radical (unpaired) electrons. The molecule has 0 saturated carbocycles. The highest BCUT2D eigenvalue weighted by atomic mass is 32.2. The van der Waals surface area contributed by atoms with Gasteiger partial charge in [-0.05, 0) is 26.0 Å². The summed E-state index contributed by atoms with van der Waals surface area (Å²) < 4.78 is 31.1. The lowest BCUT2D eigenvalue weighted by Crippen LogP contribution is -2.42. The number of amides is 1. The maximum absolute atomic E-state index is 12.5. The van der Waals surface area contributed by atoms with Crippen molar-refractivity contribution in [2.45, 2.75) is 26.4 Å². The number of benzene rings is 1. The van der Waals surface area contributed by atoms with Gasteiger partial charge >= 0.3 is 0 Å². The van der Waals surface area contributed by atoms with Crippen molar-refractivity contribution in [2.75, 3.05) is 30.2 Å². The number of rotatable bonds is 4. The SMILES string of the molecule is CCN(CC)C(=O)C1CCN(S(C)(=O)=O)c2ccccc2O1. The van der Waals surface area contributed by atoms with Crippen molar-refractivity contribution in [3.8, 4) is 5.75 Å². The van der Waals surface area contributed by atoms with E-state index in [1.54, 1.807) is 29.2 Å². The van der Waals surface area contributed by atoms with Gasteiger partial charge in [0.15, 0.2) is 6.10 Å². The molecule has 1 amide bonds. The molecule has 1 aromatic carbocycles. The molecule has 1 unspecified atom stereocenters. The number of fused-ring (bicyclic) bond motifs is 1. The molecule has 1 atom stereocenters. The van der Waals surface area contributed by atoms with Gasteiger partial charge in [-0.3, -0.25) is 9.10 Å². The van der Waals surface area contributed by atoms with Gasteiger partial charge in [0.25, 0.3) is 5.91 Å². The predicted molar refractivity (Wildman–Crippen MR) is 85.6 cm³/mol. The number of carbonyl (C=O) groups is 1. The predicted octanol–water partition coefficient (Wildman–Crippen LogP) is 1.47. The van der Waals surface area contributed by atoms with Gasteiger partial charge in [-0.15, -0.1) is 0 Å². The quantitative estimate of drug-likeness (QED) is 0.840. The van der Waals surface area contributed by atoms with Crippen molar-refractivity contribution >= 4 is 21.6 Å². The number of carbonyl (C=O) groups excluding carboxylic acids is 1. The number of para-hydroxylation sites is 2. The van der Waals surface area contributed by atoms with Crippen LogP contribution in [-0.4, -0.2) is 51.2 Å². The minimum atomic E-state index is -3.41. The van der Waals surface area contributed by atoms with Crippen LogP contribution in [0.15, 0.2) is 24.3 Å². The second-order valence-electron chi connectivity index (χ2n) is 5.21. The summed E-state index contributed by atoms with van der Waals surface area (Å²) >= 11 is 0. The van der Waals surface area contributed by atoms with Crippen LogP contribution in [0, 0.1) is 0 Å². The molecular formula is C15H22N2O4S. The summed E-state index contributed by atoms with van der Waals surface area (Å²) in [5.41, 5.74) is 0.486. The average molecular weight is 326 g/mol. The lowest BCUT2D eigenvalue weighted by molar-refractivity contribution is -0.138. The lowest BCUT2D eigenvalue weighted by atomic mass is 10.2. The van der Waals surface area contributed by atoms with E-state index in [4.69, 9.17) is 4.74 Å². The molecule has 22 heavy (non-hydrogen) atoms. The van der Waals surface area contributed by atoms with E-state index >= 15 is 0 Å². The zero-order chi connectivity index (χ0) is 16.3. The molecule has 1 aliphatic rings. The van der Waals surface area contributed by atoms with Crippen molar-refractivity contribution < 1.29 is 17.9 Å². The number of ether oxygens (including phenoxy) is 1. The van der Waals surface area contributed by atoms with Gasteiger partial charge in [-0.25, -0.2) is 8.42 Å². The molecule has 0 saturated heterocycles. The smallest absolute Gasteiger partial charge is 0.263 e. The fraction of sp³-hybridized carbons (Fsp3) is 0.533. The van der Waals surface area contributed by atoms with Crippen molar-refractivity contribution in [1.82, 2.24) is 4.90 Å². The summed E-state index contributed by atoms with van der Waals surface area (Å²) in [5, 5.41) is 0. The van der Waals surface area contributed by atoms with Crippen LogP contribution in [0.25, 0.3) is 0 Å². The van der Waals surface area contributed by atoms with Crippen LogP contribution in [-0.2, 0) is 14.8 Å². The molecule has 1 aromatic rings. The van der Waals surface area contributed by atoms with Crippen LogP contribution in [0.2, 0.25) is 0 Å². The Kier molecular flexibility index (Phi) is 4.95. The molecule has 0 spiro atoms. The number of likely N-dealkylation sites (N-methyl/N-ethyl adjacent to an activating group) is 1. The third kappa shape index (κ3) is 3.35. The first-order valence-corrected chi connectivity index (χ1v) is 9.25. The Morgan fingerprint density at radius 2 is 1.95 bits per heavy atom. The van der Waals surface area contributed by atoms with Gasteiger partial charge in [0.2, 0.25) is 10.0 Å². The Morgan fingerprint density at radius 1 is 1.32 bits per heavy atom. The van der Waals surface area contributed by atoms with Crippen LogP contribution in [0.3, 0.4) is 0 Å². The Bertz CT molecular complexity index is 641. The van der Waals surface area contributed by atoms with Crippen molar-refractivity contribution in [3.63, 3.8) is 0 Å². The van der Waals surface area contributed by atoms with E-state index in [-0.39, 0.29) is 12.5 Å². The van der Waals surface area contributed by atoms with Crippen molar-refractivity contribution in [2.24, 2.45) is 0 Å². The molecule has 1 aliphatic heterocycles. The molecule has 7 heteroatoms. The molecular weight excluding hydrogens is 304 g/mol. The third-order valence-electron chi connectivity index (χ3n) is 3.75. The molecule has 0 bridgehead atoms. The lowest BCUT2D eigenvalue weighted by Gasteiger charge is -2.24. The molecule has 122 valence electrons. The standard InChI is InChI=1S/C15H22N2O4S/c1-4-16(5-2)15(18)14-10-11-17(22(3,19)20)12-8-6-7-9-13(12)21-14/h6-9,14H,4-5,10-11H2,1-3H3. The van der Waals surface area contributed by atoms with Gasteiger partial charge in [0, 0.05) is 26.1 Å². The summed E-state index contributed by atoms with van der Waals surface area (Å²) in [6, 6.07) is 6.92. The molecule has 6 nitrogen and oxygen atoms in total. The van der Waals surface area contributed by atoms with Crippen LogP contribution < -0.4 is 9.04 Å². The summed E-state index contributed by atoms with van der Waals surface area (Å²) in [7, 11) is -3.41. The van der Waals surface area contributed by atoms with Gasteiger partial charge in [0.1, 0.15) is 5.75 Å². The largest absolute Gasteiger partial charge is 0.478 e. The molecule has 0 aliphatic carbocycles. The van der Waals surface area contributed by atoms with Crippen molar-refractivity contribution in [1.29, 1.82) is 0 Å². The van der Waals surface area contributed by atoms with E-state index in [0.717, 1.165) is 6.26 Å². The minimum Gasteiger partial charge on any atom is -0.478 e. The maximum atomic E-state index is 12.5. The van der Waals surface area contributed by atoms with E-state index in [2.05, 4.69) is 0 Å². The summed E-state index contributed by atoms with van der Waals surface area (Å²) in [5.74, 6) is 0.325. The minimum absolute atomic E-state index is 0.102. The Labute approximate surface area is 131 Å². The number of anilines is 1.